The van der Waals surface area contributed by atoms with E-state index in [2.05, 4.69) is 0 Å². The van der Waals surface area contributed by atoms with E-state index in [9.17, 15) is 27.6 Å². The Labute approximate surface area is 146 Å². The third kappa shape index (κ3) is 3.58. The first-order valence-electron chi connectivity index (χ1n) is 7.65. The van der Waals surface area contributed by atoms with Gasteiger partial charge in [0.1, 0.15) is 6.54 Å². The Bertz CT molecular complexity index is 858. The van der Waals surface area contributed by atoms with Gasteiger partial charge in [-0.05, 0) is 29.8 Å². The van der Waals surface area contributed by atoms with Gasteiger partial charge in [0.05, 0.1) is 17.7 Å². The van der Waals surface area contributed by atoms with Crippen LogP contribution in [0.5, 0.6) is 0 Å². The summed E-state index contributed by atoms with van der Waals surface area (Å²) in [5.74, 6) is -1.78. The lowest BCUT2D eigenvalue weighted by atomic mass is 10.1. The van der Waals surface area contributed by atoms with Crippen molar-refractivity contribution in [2.24, 2.45) is 0 Å². The summed E-state index contributed by atoms with van der Waals surface area (Å²) in [6, 6.07) is 12.2. The molecular weight excluding hydrogens is 349 g/mol. The number of nitrogens with zero attached hydrogens (tertiary/aromatic N) is 1. The van der Waals surface area contributed by atoms with E-state index in [4.69, 9.17) is 0 Å². The molecule has 5 nitrogen and oxygen atoms in total. The smallest absolute Gasteiger partial charge is 0.343 e. The van der Waals surface area contributed by atoms with Crippen molar-refractivity contribution in [3.8, 4) is 0 Å². The van der Waals surface area contributed by atoms with Crippen molar-refractivity contribution in [1.29, 1.82) is 0 Å². The maximum atomic E-state index is 12.3. The minimum atomic E-state index is -4.51. The number of halogens is 3. The second-order valence-electron chi connectivity index (χ2n) is 5.74. The third-order valence-corrected chi connectivity index (χ3v) is 3.86. The zero-order valence-electron chi connectivity index (χ0n) is 13.3. The van der Waals surface area contributed by atoms with Gasteiger partial charge >= 0.3 is 6.18 Å². The molecule has 1 heterocycles. The van der Waals surface area contributed by atoms with E-state index in [0.717, 1.165) is 4.90 Å². The van der Waals surface area contributed by atoms with Crippen LogP contribution in [0.4, 0.5) is 13.2 Å². The average Bonchev–Trinajstić information content (AvgIpc) is 2.85. The average molecular weight is 362 g/mol. The molecule has 3 amide bonds. The molecule has 0 aliphatic carbocycles. The lowest BCUT2D eigenvalue weighted by Gasteiger charge is -2.14. The predicted octanol–water partition coefficient (Wildman–Crippen LogP) is 2.77. The summed E-state index contributed by atoms with van der Waals surface area (Å²) < 4.78 is 36.6. The van der Waals surface area contributed by atoms with Gasteiger partial charge in [0.2, 0.25) is 0 Å². The first kappa shape index (κ1) is 17.7. The van der Waals surface area contributed by atoms with Crippen LogP contribution >= 0.6 is 0 Å². The quantitative estimate of drug-likeness (QED) is 0.851. The fourth-order valence-corrected chi connectivity index (χ4v) is 2.66. The number of fused-ring (bicyclic) bond motifs is 1. The Hall–Kier alpha value is -3.16. The maximum absolute atomic E-state index is 12.3. The lowest BCUT2D eigenvalue weighted by Crippen LogP contribution is -2.34. The highest BCUT2D eigenvalue weighted by Gasteiger charge is 2.35. The van der Waals surface area contributed by atoms with Crippen LogP contribution in [-0.4, -0.2) is 35.3 Å². The number of alkyl halides is 3. The SMILES string of the molecule is O=C(NCC(F)(F)F)c1cccc(CN2C(=O)c3ccccc3C2=O)c1. The molecule has 1 aliphatic rings. The van der Waals surface area contributed by atoms with Crippen LogP contribution in [0.3, 0.4) is 0 Å². The number of amides is 3. The van der Waals surface area contributed by atoms with E-state index in [1.54, 1.807) is 35.6 Å². The van der Waals surface area contributed by atoms with Crippen LogP contribution in [0, 0.1) is 0 Å². The van der Waals surface area contributed by atoms with Crippen LogP contribution in [0.2, 0.25) is 0 Å². The van der Waals surface area contributed by atoms with E-state index in [1.807, 2.05) is 0 Å². The Morgan fingerprint density at radius 1 is 0.962 bits per heavy atom. The number of hydrogen-bond donors (Lipinski definition) is 1. The molecule has 0 atom stereocenters. The number of imide groups is 1. The van der Waals surface area contributed by atoms with Crippen molar-refractivity contribution >= 4 is 17.7 Å². The van der Waals surface area contributed by atoms with Crippen molar-refractivity contribution in [1.82, 2.24) is 10.2 Å². The number of nitrogens with one attached hydrogen (secondary N) is 1. The van der Waals surface area contributed by atoms with Gasteiger partial charge in [-0.25, -0.2) is 0 Å². The molecule has 0 spiro atoms. The molecule has 3 rings (SSSR count). The van der Waals surface area contributed by atoms with Crippen LogP contribution in [0.25, 0.3) is 0 Å². The summed E-state index contributed by atoms with van der Waals surface area (Å²) in [7, 11) is 0. The van der Waals surface area contributed by atoms with Gasteiger partial charge in [-0.3, -0.25) is 19.3 Å². The number of benzene rings is 2. The van der Waals surface area contributed by atoms with E-state index in [0.29, 0.717) is 16.7 Å². The molecule has 0 bridgehead atoms. The van der Waals surface area contributed by atoms with Crippen molar-refractivity contribution in [2.75, 3.05) is 6.54 Å². The molecule has 1 N–H and O–H groups in total. The second-order valence-corrected chi connectivity index (χ2v) is 5.74. The highest BCUT2D eigenvalue weighted by Crippen LogP contribution is 2.24. The molecule has 0 radical (unpaired) electrons. The maximum Gasteiger partial charge on any atom is 0.405 e. The second kappa shape index (κ2) is 6.62. The topological polar surface area (TPSA) is 66.5 Å². The fraction of sp³-hybridized carbons (Fsp3) is 0.167. The van der Waals surface area contributed by atoms with E-state index < -0.39 is 30.4 Å². The third-order valence-electron chi connectivity index (χ3n) is 3.86. The number of carbonyl (C=O) groups excluding carboxylic acids is 3. The zero-order valence-corrected chi connectivity index (χ0v) is 13.3. The van der Waals surface area contributed by atoms with Crippen molar-refractivity contribution in [2.45, 2.75) is 12.7 Å². The molecule has 0 aromatic heterocycles. The summed E-state index contributed by atoms with van der Waals surface area (Å²) in [5.41, 5.74) is 1.08. The Balaban J connectivity index is 1.75. The monoisotopic (exact) mass is 362 g/mol. The van der Waals surface area contributed by atoms with E-state index in [-0.39, 0.29) is 12.1 Å². The molecule has 0 unspecified atom stereocenters. The van der Waals surface area contributed by atoms with Crippen molar-refractivity contribution in [3.05, 3.63) is 70.8 Å². The first-order chi connectivity index (χ1) is 12.3. The highest BCUT2D eigenvalue weighted by molar-refractivity contribution is 6.21. The molecule has 2 aromatic carbocycles. The van der Waals surface area contributed by atoms with Crippen molar-refractivity contribution < 1.29 is 27.6 Å². The highest BCUT2D eigenvalue weighted by atomic mass is 19.4. The molecule has 8 heteroatoms. The van der Waals surface area contributed by atoms with Crippen LogP contribution in [-0.2, 0) is 6.54 Å². The molecular formula is C18H13F3N2O3. The van der Waals surface area contributed by atoms with Gasteiger partial charge in [0, 0.05) is 5.56 Å². The molecule has 0 saturated carbocycles. The molecule has 0 saturated heterocycles. The number of hydrogen-bond acceptors (Lipinski definition) is 3. The van der Waals surface area contributed by atoms with Crippen LogP contribution in [0.1, 0.15) is 36.6 Å². The predicted molar refractivity (Wildman–Crippen MR) is 85.5 cm³/mol. The van der Waals surface area contributed by atoms with E-state index in [1.165, 1.54) is 18.2 Å². The van der Waals surface area contributed by atoms with Gasteiger partial charge in [-0.2, -0.15) is 13.2 Å². The summed E-state index contributed by atoms with van der Waals surface area (Å²) in [4.78, 5) is 37.6. The summed E-state index contributed by atoms with van der Waals surface area (Å²) >= 11 is 0. The zero-order chi connectivity index (χ0) is 18.9. The Morgan fingerprint density at radius 2 is 1.58 bits per heavy atom. The van der Waals surface area contributed by atoms with Gasteiger partial charge in [0.15, 0.2) is 0 Å². The Morgan fingerprint density at radius 3 is 2.15 bits per heavy atom. The van der Waals surface area contributed by atoms with Gasteiger partial charge < -0.3 is 5.32 Å². The number of rotatable bonds is 4. The van der Waals surface area contributed by atoms with Gasteiger partial charge in [-0.15, -0.1) is 0 Å². The molecule has 26 heavy (non-hydrogen) atoms. The molecule has 0 fully saturated rings. The number of carbonyl (C=O) groups is 3. The minimum absolute atomic E-state index is 0.0170. The fourth-order valence-electron chi connectivity index (χ4n) is 2.66. The van der Waals surface area contributed by atoms with Crippen LogP contribution in [0.15, 0.2) is 48.5 Å². The lowest BCUT2D eigenvalue weighted by molar-refractivity contribution is -0.123. The minimum Gasteiger partial charge on any atom is -0.343 e. The molecule has 1 aliphatic heterocycles. The van der Waals surface area contributed by atoms with Gasteiger partial charge in [0.25, 0.3) is 17.7 Å². The first-order valence-corrected chi connectivity index (χ1v) is 7.65. The summed E-state index contributed by atoms with van der Waals surface area (Å²) in [5, 5.41) is 1.78. The Kier molecular flexibility index (Phi) is 4.50. The standard InChI is InChI=1S/C18H13F3N2O3/c19-18(20,21)10-22-15(24)12-5-3-4-11(8-12)9-23-16(25)13-6-1-2-7-14(13)17(23)26/h1-8H,9-10H2,(H,22,24). The van der Waals surface area contributed by atoms with Crippen molar-refractivity contribution in [3.63, 3.8) is 0 Å². The summed E-state index contributed by atoms with van der Waals surface area (Å²) in [6.45, 7) is -1.51. The summed E-state index contributed by atoms with van der Waals surface area (Å²) in [6.07, 6.45) is -4.51. The molecule has 2 aromatic rings. The van der Waals surface area contributed by atoms with E-state index >= 15 is 0 Å². The van der Waals surface area contributed by atoms with Gasteiger partial charge in [-0.1, -0.05) is 24.3 Å². The molecule has 134 valence electrons. The van der Waals surface area contributed by atoms with Crippen LogP contribution < -0.4 is 5.32 Å². The largest absolute Gasteiger partial charge is 0.405 e. The normalized spacial score (nSPS) is 13.7.